The molecule has 3 nitrogen and oxygen atoms in total. The first-order chi connectivity index (χ1) is 4.54. The van der Waals surface area contributed by atoms with Crippen LogP contribution in [-0.4, -0.2) is 10.8 Å². The van der Waals surface area contributed by atoms with E-state index in [-0.39, 0.29) is 0 Å². The summed E-state index contributed by atoms with van der Waals surface area (Å²) >= 11 is 5.24. The van der Waals surface area contributed by atoms with Crippen LogP contribution >= 0.6 is 11.6 Å². The zero-order valence-electron chi connectivity index (χ0n) is 5.76. The highest BCUT2D eigenvalue weighted by Crippen LogP contribution is 2.27. The van der Waals surface area contributed by atoms with Crippen molar-refractivity contribution in [3.8, 4) is 0 Å². The molecule has 0 radical (unpaired) electrons. The van der Waals surface area contributed by atoms with E-state index in [9.17, 15) is 4.79 Å². The molecule has 1 aliphatic rings. The molecule has 0 saturated heterocycles. The van der Waals surface area contributed by atoms with Crippen molar-refractivity contribution in [2.45, 2.75) is 19.4 Å². The molecule has 4 heteroatoms. The van der Waals surface area contributed by atoms with Crippen molar-refractivity contribution in [2.75, 3.05) is 0 Å². The van der Waals surface area contributed by atoms with Gasteiger partial charge in [0.05, 0.1) is 11.8 Å². The minimum atomic E-state index is -0.529. The first kappa shape index (κ1) is 7.41. The number of carbonyl (C=O) groups excluding carboxylic acids is 1. The van der Waals surface area contributed by atoms with Crippen LogP contribution in [0, 0.1) is 0 Å². The Morgan fingerprint density at radius 3 is 2.50 bits per heavy atom. The van der Waals surface area contributed by atoms with Gasteiger partial charge in [0.1, 0.15) is 5.54 Å². The normalized spacial score (nSPS) is 20.9. The first-order valence-corrected chi connectivity index (χ1v) is 3.24. The van der Waals surface area contributed by atoms with Crippen molar-refractivity contribution >= 4 is 16.8 Å². The molecule has 0 aromatic carbocycles. The molecule has 10 heavy (non-hydrogen) atoms. The summed E-state index contributed by atoms with van der Waals surface area (Å²) in [6.45, 7) is 3.57. The van der Waals surface area contributed by atoms with Gasteiger partial charge in [-0.15, -0.1) is 0 Å². The summed E-state index contributed by atoms with van der Waals surface area (Å²) in [5.74, 6) is 0. The number of nitrogens with zero attached hydrogens (tertiary/aromatic N) is 2. The van der Waals surface area contributed by atoms with E-state index in [4.69, 9.17) is 11.6 Å². The van der Waals surface area contributed by atoms with Gasteiger partial charge in [-0.25, -0.2) is 0 Å². The predicted molar refractivity (Wildman–Crippen MR) is 37.9 cm³/mol. The molecular formula is C6H7ClN2O. The highest BCUT2D eigenvalue weighted by Gasteiger charge is 2.30. The van der Waals surface area contributed by atoms with Crippen molar-refractivity contribution in [3.05, 3.63) is 11.8 Å². The third kappa shape index (κ3) is 1.09. The average molecular weight is 159 g/mol. The Kier molecular flexibility index (Phi) is 1.60. The van der Waals surface area contributed by atoms with Crippen LogP contribution in [-0.2, 0) is 4.79 Å². The average Bonchev–Trinajstić information content (AvgIpc) is 2.08. The van der Waals surface area contributed by atoms with Crippen LogP contribution in [0.4, 0.5) is 0 Å². The lowest BCUT2D eigenvalue weighted by atomic mass is 9.98. The molecule has 0 saturated carbocycles. The highest BCUT2D eigenvalue weighted by molar-refractivity contribution is 6.68. The Labute approximate surface area is 63.8 Å². The number of rotatable bonds is 1. The summed E-state index contributed by atoms with van der Waals surface area (Å²) in [6.07, 6.45) is 1.40. The van der Waals surface area contributed by atoms with E-state index in [1.54, 1.807) is 13.8 Å². The Morgan fingerprint density at radius 1 is 1.70 bits per heavy atom. The molecule has 0 N–H and O–H groups in total. The van der Waals surface area contributed by atoms with E-state index in [1.807, 2.05) is 0 Å². The highest BCUT2D eigenvalue weighted by atomic mass is 35.5. The van der Waals surface area contributed by atoms with Crippen LogP contribution in [0.5, 0.6) is 0 Å². The van der Waals surface area contributed by atoms with Crippen LogP contribution in [0.3, 0.4) is 0 Å². The third-order valence-corrected chi connectivity index (χ3v) is 1.57. The molecule has 0 amide bonds. The van der Waals surface area contributed by atoms with Crippen LogP contribution < -0.4 is 0 Å². The van der Waals surface area contributed by atoms with Crippen LogP contribution in [0.25, 0.3) is 0 Å². The molecule has 0 bridgehead atoms. The van der Waals surface area contributed by atoms with Gasteiger partial charge in [0.25, 0.3) is 5.24 Å². The maximum absolute atomic E-state index is 10.6. The van der Waals surface area contributed by atoms with E-state index in [0.717, 1.165) is 0 Å². The molecule has 0 atom stereocenters. The second-order valence-corrected chi connectivity index (χ2v) is 2.93. The van der Waals surface area contributed by atoms with Crippen LogP contribution in [0.1, 0.15) is 13.8 Å². The molecule has 0 fully saturated rings. The van der Waals surface area contributed by atoms with E-state index in [1.165, 1.54) is 6.20 Å². The molecule has 1 aliphatic heterocycles. The second kappa shape index (κ2) is 2.16. The Bertz CT molecular complexity index is 230. The minimum absolute atomic E-state index is 0.453. The fourth-order valence-electron chi connectivity index (χ4n) is 0.734. The maximum Gasteiger partial charge on any atom is 0.252 e. The fraction of sp³-hybridized carbons (Fsp3) is 0.500. The summed E-state index contributed by atoms with van der Waals surface area (Å²) < 4.78 is 0. The van der Waals surface area contributed by atoms with Crippen molar-refractivity contribution in [1.29, 1.82) is 0 Å². The minimum Gasteiger partial charge on any atom is -0.276 e. The van der Waals surface area contributed by atoms with Gasteiger partial charge in [-0.3, -0.25) is 4.79 Å². The molecule has 1 heterocycles. The van der Waals surface area contributed by atoms with Gasteiger partial charge in [0.2, 0.25) is 0 Å². The summed E-state index contributed by atoms with van der Waals surface area (Å²) in [7, 11) is 0. The molecule has 0 aromatic heterocycles. The lowest BCUT2D eigenvalue weighted by Gasteiger charge is -2.12. The monoisotopic (exact) mass is 158 g/mol. The van der Waals surface area contributed by atoms with E-state index < -0.39 is 10.8 Å². The number of halogens is 1. The van der Waals surface area contributed by atoms with Crippen LogP contribution in [0.2, 0.25) is 0 Å². The van der Waals surface area contributed by atoms with Gasteiger partial charge in [0.15, 0.2) is 0 Å². The number of hydrogen-bond acceptors (Lipinski definition) is 3. The Morgan fingerprint density at radius 2 is 2.30 bits per heavy atom. The molecule has 54 valence electrons. The van der Waals surface area contributed by atoms with Gasteiger partial charge in [-0.2, -0.15) is 10.2 Å². The Balaban J connectivity index is 2.93. The summed E-state index contributed by atoms with van der Waals surface area (Å²) in [6, 6.07) is 0. The van der Waals surface area contributed by atoms with Crippen LogP contribution in [0.15, 0.2) is 22.0 Å². The van der Waals surface area contributed by atoms with E-state index in [0.29, 0.717) is 5.57 Å². The van der Waals surface area contributed by atoms with Crippen molar-refractivity contribution in [1.82, 2.24) is 0 Å². The SMILES string of the molecule is CC1(C)N=NC=C1C(=O)Cl. The van der Waals surface area contributed by atoms with Crippen molar-refractivity contribution in [3.63, 3.8) is 0 Å². The lowest BCUT2D eigenvalue weighted by molar-refractivity contribution is -0.109. The topological polar surface area (TPSA) is 41.8 Å². The zero-order chi connectivity index (χ0) is 7.78. The van der Waals surface area contributed by atoms with Gasteiger partial charge in [0, 0.05) is 0 Å². The van der Waals surface area contributed by atoms with Gasteiger partial charge in [-0.05, 0) is 25.4 Å². The first-order valence-electron chi connectivity index (χ1n) is 2.86. The van der Waals surface area contributed by atoms with E-state index >= 15 is 0 Å². The van der Waals surface area contributed by atoms with Crippen molar-refractivity contribution in [2.24, 2.45) is 10.2 Å². The summed E-state index contributed by atoms with van der Waals surface area (Å²) in [4.78, 5) is 10.6. The van der Waals surface area contributed by atoms with Gasteiger partial charge < -0.3 is 0 Å². The Hall–Kier alpha value is -0.700. The molecule has 1 rings (SSSR count). The summed E-state index contributed by atoms with van der Waals surface area (Å²) in [5, 5.41) is 6.92. The molecule has 0 aromatic rings. The molecular weight excluding hydrogens is 152 g/mol. The molecule has 0 unspecified atom stereocenters. The van der Waals surface area contributed by atoms with Crippen molar-refractivity contribution < 1.29 is 4.79 Å². The lowest BCUT2D eigenvalue weighted by Crippen LogP contribution is -2.20. The predicted octanol–water partition coefficient (Wildman–Crippen LogP) is 1.88. The zero-order valence-corrected chi connectivity index (χ0v) is 6.51. The largest absolute Gasteiger partial charge is 0.276 e. The standard InChI is InChI=1S/C6H7ClN2O/c1-6(2)4(5(7)10)3-8-9-6/h3H,1-2H3. The quantitative estimate of drug-likeness (QED) is 0.538. The fourth-order valence-corrected chi connectivity index (χ4v) is 1.01. The molecule has 0 aliphatic carbocycles. The number of carbonyl (C=O) groups is 1. The smallest absolute Gasteiger partial charge is 0.252 e. The van der Waals surface area contributed by atoms with Gasteiger partial charge in [-0.1, -0.05) is 0 Å². The summed E-state index contributed by atoms with van der Waals surface area (Å²) in [5.41, 5.74) is -0.0760. The third-order valence-electron chi connectivity index (χ3n) is 1.37. The second-order valence-electron chi connectivity index (χ2n) is 2.59. The maximum atomic E-state index is 10.6. The molecule has 0 spiro atoms. The number of azo groups is 1. The van der Waals surface area contributed by atoms with Gasteiger partial charge >= 0.3 is 0 Å². The van der Waals surface area contributed by atoms with E-state index in [2.05, 4.69) is 10.2 Å². The number of hydrogen-bond donors (Lipinski definition) is 0.